The number of hydrogen-bond donors (Lipinski definition) is 0. The molecule has 1 saturated heterocycles. The molecule has 164 valence electrons. The molecule has 2 heterocycles. The average Bonchev–Trinajstić information content (AvgIpc) is 3.33. The first-order chi connectivity index (χ1) is 16.3. The predicted octanol–water partition coefficient (Wildman–Crippen LogP) is 4.93. The molecule has 0 spiro atoms. The van der Waals surface area contributed by atoms with E-state index in [9.17, 15) is 5.26 Å². The maximum absolute atomic E-state index is 9.38. The standard InChI is InChI=1S/C26H23N5OS/c27-18-22-6-4-5-9-24(22)21-12-10-20(11-13-21)19-33-26-29-28-25(30-14-16-32-17-15-30)31(26)23-7-2-1-3-8-23/h1-13H,14-17,19H2. The predicted molar refractivity (Wildman–Crippen MR) is 131 cm³/mol. The smallest absolute Gasteiger partial charge is 0.232 e. The number of aromatic nitrogens is 3. The highest BCUT2D eigenvalue weighted by Crippen LogP contribution is 2.30. The van der Waals surface area contributed by atoms with Crippen LogP contribution in [0.5, 0.6) is 0 Å². The lowest BCUT2D eigenvalue weighted by Crippen LogP contribution is -2.37. The SMILES string of the molecule is N#Cc1ccccc1-c1ccc(CSc2nnc(N3CCOCC3)n2-c2ccccc2)cc1. The maximum Gasteiger partial charge on any atom is 0.232 e. The molecule has 0 atom stereocenters. The highest BCUT2D eigenvalue weighted by Gasteiger charge is 2.21. The van der Waals surface area contributed by atoms with E-state index in [1.807, 2.05) is 42.5 Å². The normalized spacial score (nSPS) is 13.6. The molecule has 1 fully saturated rings. The number of para-hydroxylation sites is 1. The second-order valence-corrected chi connectivity index (χ2v) is 8.64. The number of benzene rings is 3. The molecule has 1 aromatic heterocycles. The van der Waals surface area contributed by atoms with E-state index in [1.54, 1.807) is 11.8 Å². The minimum atomic E-state index is 0.686. The topological polar surface area (TPSA) is 67.0 Å². The van der Waals surface area contributed by atoms with E-state index in [1.165, 1.54) is 5.56 Å². The molecule has 33 heavy (non-hydrogen) atoms. The molecule has 7 heteroatoms. The molecule has 0 saturated carbocycles. The minimum absolute atomic E-state index is 0.686. The summed E-state index contributed by atoms with van der Waals surface area (Å²) < 4.78 is 7.65. The maximum atomic E-state index is 9.38. The molecule has 5 rings (SSSR count). The van der Waals surface area contributed by atoms with E-state index in [2.05, 4.69) is 62.1 Å². The van der Waals surface area contributed by atoms with Crippen LogP contribution >= 0.6 is 11.8 Å². The summed E-state index contributed by atoms with van der Waals surface area (Å²) in [6, 6.07) is 28.6. The second-order valence-electron chi connectivity index (χ2n) is 7.70. The molecule has 0 radical (unpaired) electrons. The molecule has 1 aliphatic rings. The second kappa shape index (κ2) is 9.90. The monoisotopic (exact) mass is 453 g/mol. The van der Waals surface area contributed by atoms with Crippen LogP contribution in [0, 0.1) is 11.3 Å². The third-order valence-corrected chi connectivity index (χ3v) is 6.61. The van der Waals surface area contributed by atoms with Gasteiger partial charge in [0.05, 0.1) is 30.5 Å². The van der Waals surface area contributed by atoms with Crippen molar-refractivity contribution in [2.75, 3.05) is 31.2 Å². The lowest BCUT2D eigenvalue weighted by atomic mass is 10.00. The lowest BCUT2D eigenvalue weighted by Gasteiger charge is -2.27. The van der Waals surface area contributed by atoms with Gasteiger partial charge in [-0.05, 0) is 34.9 Å². The first-order valence-corrected chi connectivity index (χ1v) is 11.9. The van der Waals surface area contributed by atoms with Gasteiger partial charge >= 0.3 is 0 Å². The van der Waals surface area contributed by atoms with Crippen molar-refractivity contribution in [1.29, 1.82) is 5.26 Å². The van der Waals surface area contributed by atoms with E-state index < -0.39 is 0 Å². The van der Waals surface area contributed by atoms with Crippen molar-refractivity contribution in [3.63, 3.8) is 0 Å². The van der Waals surface area contributed by atoms with E-state index in [-0.39, 0.29) is 0 Å². The van der Waals surface area contributed by atoms with Gasteiger partial charge in [-0.2, -0.15) is 5.26 Å². The Kier molecular flexibility index (Phi) is 6.38. The molecule has 0 bridgehead atoms. The van der Waals surface area contributed by atoms with Crippen molar-refractivity contribution in [2.45, 2.75) is 10.9 Å². The van der Waals surface area contributed by atoms with Crippen LogP contribution in [0.2, 0.25) is 0 Å². The highest BCUT2D eigenvalue weighted by atomic mass is 32.2. The number of hydrogen-bond acceptors (Lipinski definition) is 6. The van der Waals surface area contributed by atoms with Gasteiger partial charge in [0.1, 0.15) is 0 Å². The van der Waals surface area contributed by atoms with Gasteiger partial charge in [-0.15, -0.1) is 10.2 Å². The van der Waals surface area contributed by atoms with Crippen LogP contribution in [0.3, 0.4) is 0 Å². The average molecular weight is 454 g/mol. The summed E-state index contributed by atoms with van der Waals surface area (Å²) >= 11 is 1.67. The van der Waals surface area contributed by atoms with Crippen LogP contribution < -0.4 is 4.90 Å². The van der Waals surface area contributed by atoms with Crippen LogP contribution in [0.15, 0.2) is 84.0 Å². The first kappa shape index (κ1) is 21.3. The van der Waals surface area contributed by atoms with E-state index in [0.717, 1.165) is 46.8 Å². The zero-order chi connectivity index (χ0) is 22.5. The molecule has 0 unspecified atom stereocenters. The summed E-state index contributed by atoms with van der Waals surface area (Å²) in [6.45, 7) is 3.01. The van der Waals surface area contributed by atoms with Crippen molar-refractivity contribution in [3.05, 3.63) is 90.0 Å². The van der Waals surface area contributed by atoms with E-state index >= 15 is 0 Å². The fraction of sp³-hybridized carbons (Fsp3) is 0.192. The Bertz CT molecular complexity index is 1260. The third kappa shape index (κ3) is 4.63. The Morgan fingerprint density at radius 2 is 1.61 bits per heavy atom. The number of nitriles is 1. The summed E-state index contributed by atoms with van der Waals surface area (Å²) in [4.78, 5) is 2.23. The number of ether oxygens (including phenoxy) is 1. The van der Waals surface area contributed by atoms with Gasteiger partial charge in [0.2, 0.25) is 5.95 Å². The van der Waals surface area contributed by atoms with Gasteiger partial charge in [0.25, 0.3) is 0 Å². The van der Waals surface area contributed by atoms with Crippen molar-refractivity contribution in [1.82, 2.24) is 14.8 Å². The van der Waals surface area contributed by atoms with Gasteiger partial charge in [-0.1, -0.05) is 72.4 Å². The van der Waals surface area contributed by atoms with Gasteiger partial charge in [0, 0.05) is 18.8 Å². The highest BCUT2D eigenvalue weighted by molar-refractivity contribution is 7.98. The Morgan fingerprint density at radius 1 is 0.879 bits per heavy atom. The summed E-state index contributed by atoms with van der Waals surface area (Å²) in [6.07, 6.45) is 0. The van der Waals surface area contributed by atoms with Crippen LogP contribution in [-0.4, -0.2) is 41.1 Å². The Morgan fingerprint density at radius 3 is 2.36 bits per heavy atom. The summed E-state index contributed by atoms with van der Waals surface area (Å²) in [7, 11) is 0. The molecule has 1 aliphatic heterocycles. The van der Waals surface area contributed by atoms with Crippen molar-refractivity contribution in [3.8, 4) is 22.9 Å². The molecule has 3 aromatic carbocycles. The van der Waals surface area contributed by atoms with Crippen molar-refractivity contribution >= 4 is 17.7 Å². The van der Waals surface area contributed by atoms with Gasteiger partial charge in [-0.3, -0.25) is 4.57 Å². The van der Waals surface area contributed by atoms with Crippen molar-refractivity contribution in [2.24, 2.45) is 0 Å². The molecule has 6 nitrogen and oxygen atoms in total. The Hall–Kier alpha value is -3.60. The third-order valence-electron chi connectivity index (χ3n) is 5.60. The number of anilines is 1. The largest absolute Gasteiger partial charge is 0.378 e. The van der Waals surface area contributed by atoms with E-state index in [0.29, 0.717) is 18.8 Å². The molecule has 0 amide bonds. The quantitative estimate of drug-likeness (QED) is 0.386. The van der Waals surface area contributed by atoms with Crippen LogP contribution in [0.25, 0.3) is 16.8 Å². The van der Waals surface area contributed by atoms with Gasteiger partial charge < -0.3 is 9.64 Å². The zero-order valence-electron chi connectivity index (χ0n) is 18.1. The zero-order valence-corrected chi connectivity index (χ0v) is 18.9. The number of thioether (sulfide) groups is 1. The van der Waals surface area contributed by atoms with Crippen LogP contribution in [0.4, 0.5) is 5.95 Å². The molecular weight excluding hydrogens is 430 g/mol. The number of nitrogens with zero attached hydrogens (tertiary/aromatic N) is 5. The first-order valence-electron chi connectivity index (χ1n) is 10.9. The summed E-state index contributed by atoms with van der Waals surface area (Å²) in [5.41, 5.74) is 4.93. The minimum Gasteiger partial charge on any atom is -0.378 e. The van der Waals surface area contributed by atoms with Crippen LogP contribution in [0.1, 0.15) is 11.1 Å². The van der Waals surface area contributed by atoms with Gasteiger partial charge in [-0.25, -0.2) is 0 Å². The number of morpholine rings is 1. The summed E-state index contributed by atoms with van der Waals surface area (Å²) in [5, 5.41) is 19.3. The fourth-order valence-corrected chi connectivity index (χ4v) is 4.79. The Balaban J connectivity index is 1.37. The fourth-order valence-electron chi connectivity index (χ4n) is 3.89. The molecule has 0 N–H and O–H groups in total. The van der Waals surface area contributed by atoms with Gasteiger partial charge in [0.15, 0.2) is 5.16 Å². The van der Waals surface area contributed by atoms with E-state index in [4.69, 9.17) is 4.74 Å². The molecule has 0 aliphatic carbocycles. The van der Waals surface area contributed by atoms with Crippen molar-refractivity contribution < 1.29 is 4.74 Å². The van der Waals surface area contributed by atoms with Crippen LogP contribution in [-0.2, 0) is 10.5 Å². The summed E-state index contributed by atoms with van der Waals surface area (Å²) in [5.74, 6) is 1.63. The lowest BCUT2D eigenvalue weighted by molar-refractivity contribution is 0.122. The molecular formula is C26H23N5OS. The molecule has 4 aromatic rings. The number of rotatable bonds is 6. The Labute approximate surface area is 197 Å².